The lowest BCUT2D eigenvalue weighted by Gasteiger charge is -2.49. The molecule has 0 aromatic rings. The van der Waals surface area contributed by atoms with Crippen molar-refractivity contribution in [3.05, 3.63) is 0 Å². The average molecular weight is 819 g/mol. The number of hydrogen-bond donors (Lipinski definition) is 0. The quantitative estimate of drug-likeness (QED) is 0.267. The summed E-state index contributed by atoms with van der Waals surface area (Å²) in [5, 5.41) is 0. The summed E-state index contributed by atoms with van der Waals surface area (Å²) in [6.07, 6.45) is 24.1. The molecular weight excluding hydrogens is 709 g/mol. The number of rotatable bonds is 6. The van der Waals surface area contributed by atoms with E-state index in [1.54, 1.807) is 0 Å². The Balaban J connectivity index is 0.000000348. The average Bonchev–Trinajstić information content (AvgIpc) is 3.90. The maximum atomic E-state index is 5.85. The molecule has 3 saturated carbocycles. The van der Waals surface area contributed by atoms with E-state index in [2.05, 4.69) is 128 Å². The second-order valence-electron chi connectivity index (χ2n) is 23.6. The first-order chi connectivity index (χ1) is 26.5. The molecule has 4 nitrogen and oxygen atoms in total. The first-order valence-corrected chi connectivity index (χ1v) is 25.2. The molecule has 0 N–H and O–H groups in total. The zero-order valence-corrected chi connectivity index (χ0v) is 42.2. The van der Waals surface area contributed by atoms with Crippen LogP contribution in [0.5, 0.6) is 0 Å². The Labute approximate surface area is 367 Å². The van der Waals surface area contributed by atoms with Gasteiger partial charge in [-0.15, -0.1) is 0 Å². The van der Waals surface area contributed by atoms with Crippen molar-refractivity contribution in [3.8, 4) is 0 Å². The molecule has 0 aromatic carbocycles. The van der Waals surface area contributed by atoms with Crippen LogP contribution in [0.15, 0.2) is 0 Å². The molecule has 4 heteroatoms. The lowest BCUT2D eigenvalue weighted by Crippen LogP contribution is -2.55. The van der Waals surface area contributed by atoms with Crippen LogP contribution in [0, 0.1) is 58.2 Å². The highest BCUT2D eigenvalue weighted by atomic mass is 16.5. The van der Waals surface area contributed by atoms with Gasteiger partial charge in [-0.05, 0) is 170 Å². The van der Waals surface area contributed by atoms with Gasteiger partial charge in [-0.2, -0.15) is 0 Å². The molecule has 4 saturated heterocycles. The van der Waals surface area contributed by atoms with Crippen molar-refractivity contribution < 1.29 is 9.47 Å². The number of piperidine rings is 1. The summed E-state index contributed by atoms with van der Waals surface area (Å²) in [5.74, 6) is 6.95. The highest BCUT2D eigenvalue weighted by molar-refractivity contribution is 4.98. The number of ether oxygens (including phenoxy) is 2. The molecule has 58 heavy (non-hydrogen) atoms. The van der Waals surface area contributed by atoms with Crippen molar-refractivity contribution in [1.82, 2.24) is 9.80 Å². The molecule has 4 heterocycles. The first-order valence-electron chi connectivity index (χ1n) is 25.2. The SMILES string of the molecule is C.CC(C)C1(C)CCC1.CC(C)C1(C)CN(C)C1.CC(C)C1CCC(C)(C)OC1.CC(C)C1CCC2(CC2)OC1.CC(C)C1CCCCC1.CC(C)N1CCCCC1. The van der Waals surface area contributed by atoms with E-state index in [9.17, 15) is 0 Å². The summed E-state index contributed by atoms with van der Waals surface area (Å²) >= 11 is 0. The standard InChI is InChI=1S/C10H18O.C10H20O.C9H18.2C8H17N.C8H16.CH4/c1-8(2)9-3-4-10(5-6-10)11-7-9;1-8(2)9-5-6-10(3,4)11-7-9;1-8(2)9-6-4-3-5-7-9;1-7(2)8(3)5-9(4)6-8;1-8(2)9-6-4-3-5-7-9;1-7(2)8(3)5-4-6-8;/h8-9H,3-7H2,1-2H3;8-9H,5-7H2,1-4H3;8-9H,3-7H2,1-2H3;7H,5-6H2,1-4H3;8H,3-7H2,1-2H3;7H,4-6H2,1-3H3;1H4. The first kappa shape index (κ1) is 55.9. The van der Waals surface area contributed by atoms with Gasteiger partial charge in [-0.1, -0.05) is 135 Å². The largest absolute Gasteiger partial charge is 0.375 e. The molecule has 7 fully saturated rings. The van der Waals surface area contributed by atoms with Crippen LogP contribution in [-0.2, 0) is 9.47 Å². The highest BCUT2D eigenvalue weighted by Crippen LogP contribution is 2.48. The molecule has 2 unspecified atom stereocenters. The maximum absolute atomic E-state index is 5.85. The zero-order chi connectivity index (χ0) is 43.0. The normalized spacial score (nSPS) is 27.2. The predicted octanol–water partition coefficient (Wildman–Crippen LogP) is 15.6. The molecule has 0 radical (unpaired) electrons. The van der Waals surface area contributed by atoms with Crippen molar-refractivity contribution >= 4 is 0 Å². The van der Waals surface area contributed by atoms with Gasteiger partial charge in [-0.25, -0.2) is 0 Å². The van der Waals surface area contributed by atoms with E-state index in [-0.39, 0.29) is 13.0 Å². The van der Waals surface area contributed by atoms with E-state index in [4.69, 9.17) is 9.47 Å². The van der Waals surface area contributed by atoms with Gasteiger partial charge in [0, 0.05) is 19.1 Å². The van der Waals surface area contributed by atoms with E-state index in [0.29, 0.717) is 11.0 Å². The predicted molar refractivity (Wildman–Crippen MR) is 259 cm³/mol. The molecule has 0 amide bonds. The topological polar surface area (TPSA) is 24.9 Å². The van der Waals surface area contributed by atoms with Crippen molar-refractivity contribution in [1.29, 1.82) is 0 Å². The summed E-state index contributed by atoms with van der Waals surface area (Å²) in [4.78, 5) is 4.93. The molecule has 2 atom stereocenters. The zero-order valence-electron chi connectivity index (χ0n) is 42.2. The van der Waals surface area contributed by atoms with Crippen LogP contribution in [0.1, 0.15) is 227 Å². The Kier molecular flexibility index (Phi) is 25.5. The molecule has 3 aliphatic carbocycles. The molecule has 1 spiro atoms. The summed E-state index contributed by atoms with van der Waals surface area (Å²) < 4.78 is 11.6. The third-order valence-electron chi connectivity index (χ3n) is 16.3. The molecule has 0 aromatic heterocycles. The van der Waals surface area contributed by atoms with E-state index in [0.717, 1.165) is 72.0 Å². The van der Waals surface area contributed by atoms with E-state index >= 15 is 0 Å². The van der Waals surface area contributed by atoms with Crippen LogP contribution in [0.25, 0.3) is 0 Å². The van der Waals surface area contributed by atoms with E-state index in [1.807, 2.05) is 0 Å². The Bertz CT molecular complexity index is 956. The molecule has 7 aliphatic rings. The third kappa shape index (κ3) is 20.4. The Hall–Kier alpha value is -0.160. The third-order valence-corrected chi connectivity index (χ3v) is 16.3. The van der Waals surface area contributed by atoms with Gasteiger partial charge in [0.1, 0.15) is 0 Å². The lowest BCUT2D eigenvalue weighted by atomic mass is 9.64. The minimum atomic E-state index is 0. The monoisotopic (exact) mass is 819 g/mol. The second-order valence-corrected chi connectivity index (χ2v) is 23.6. The Morgan fingerprint density at radius 1 is 0.466 bits per heavy atom. The van der Waals surface area contributed by atoms with E-state index in [1.165, 1.54) is 135 Å². The molecule has 0 bridgehead atoms. The van der Waals surface area contributed by atoms with Crippen LogP contribution in [0.3, 0.4) is 0 Å². The van der Waals surface area contributed by atoms with Crippen LogP contribution < -0.4 is 0 Å². The highest BCUT2D eigenvalue weighted by Gasteiger charge is 2.47. The summed E-state index contributed by atoms with van der Waals surface area (Å²) in [5.41, 5.74) is 1.88. The minimum Gasteiger partial charge on any atom is -0.375 e. The maximum Gasteiger partial charge on any atom is 0.0685 e. The van der Waals surface area contributed by atoms with Crippen molar-refractivity contribution in [3.63, 3.8) is 0 Å². The van der Waals surface area contributed by atoms with Crippen molar-refractivity contribution in [2.24, 2.45) is 58.2 Å². The van der Waals surface area contributed by atoms with Gasteiger partial charge in [0.2, 0.25) is 0 Å². The Morgan fingerprint density at radius 2 is 0.914 bits per heavy atom. The van der Waals surface area contributed by atoms with Crippen LogP contribution in [-0.4, -0.2) is 73.5 Å². The van der Waals surface area contributed by atoms with Crippen LogP contribution in [0.4, 0.5) is 0 Å². The van der Waals surface area contributed by atoms with Gasteiger partial charge in [0.05, 0.1) is 24.4 Å². The summed E-state index contributed by atoms with van der Waals surface area (Å²) in [6.45, 7) is 44.1. The summed E-state index contributed by atoms with van der Waals surface area (Å²) in [6, 6.07) is 0.769. The number of hydrogen-bond acceptors (Lipinski definition) is 4. The fourth-order valence-electron chi connectivity index (χ4n) is 9.59. The molecule has 7 rings (SSSR count). The lowest BCUT2D eigenvalue weighted by molar-refractivity contribution is -0.0850. The van der Waals surface area contributed by atoms with Gasteiger partial charge in [-0.3, -0.25) is 0 Å². The Morgan fingerprint density at radius 3 is 1.16 bits per heavy atom. The fraction of sp³-hybridized carbons (Fsp3) is 1.00. The summed E-state index contributed by atoms with van der Waals surface area (Å²) in [7, 11) is 2.18. The number of likely N-dealkylation sites (tertiary alicyclic amines) is 2. The van der Waals surface area contributed by atoms with Gasteiger partial charge < -0.3 is 19.3 Å². The van der Waals surface area contributed by atoms with Crippen molar-refractivity contribution in [2.75, 3.05) is 46.4 Å². The van der Waals surface area contributed by atoms with Gasteiger partial charge in [0.25, 0.3) is 0 Å². The van der Waals surface area contributed by atoms with Crippen LogP contribution >= 0.6 is 0 Å². The van der Waals surface area contributed by atoms with Crippen LogP contribution in [0.2, 0.25) is 0 Å². The minimum absolute atomic E-state index is 0. The van der Waals surface area contributed by atoms with Gasteiger partial charge >= 0.3 is 0 Å². The van der Waals surface area contributed by atoms with Gasteiger partial charge in [0.15, 0.2) is 0 Å². The fourth-order valence-corrected chi connectivity index (χ4v) is 9.59. The van der Waals surface area contributed by atoms with E-state index < -0.39 is 0 Å². The van der Waals surface area contributed by atoms with Crippen molar-refractivity contribution in [2.45, 2.75) is 245 Å². The number of nitrogens with zero attached hydrogens (tertiary/aromatic N) is 2. The molecule has 348 valence electrons. The second kappa shape index (κ2) is 26.5. The smallest absolute Gasteiger partial charge is 0.0685 e. The molecule has 4 aliphatic heterocycles. The molecular formula is C54H110N2O2.